The molecule has 0 saturated carbocycles. The van der Waals surface area contributed by atoms with Gasteiger partial charge in [0.2, 0.25) is 0 Å². The summed E-state index contributed by atoms with van der Waals surface area (Å²) in [6, 6.07) is 40.1. The zero-order valence-corrected chi connectivity index (χ0v) is 22.1. The highest BCUT2D eigenvalue weighted by Crippen LogP contribution is 2.41. The molecule has 180 valence electrons. The Morgan fingerprint density at radius 2 is 1.13 bits per heavy atom. The quantitative estimate of drug-likeness (QED) is 0.166. The smallest absolute Gasteiger partial charge is 0.0430 e. The van der Waals surface area contributed by atoms with Crippen molar-refractivity contribution >= 4 is 59.8 Å². The van der Waals surface area contributed by atoms with Gasteiger partial charge < -0.3 is 0 Å². The number of benzene rings is 6. The Kier molecular flexibility index (Phi) is 5.46. The van der Waals surface area contributed by atoms with Crippen LogP contribution in [0, 0.1) is 6.92 Å². The van der Waals surface area contributed by atoms with E-state index in [1.807, 2.05) is 23.5 Å². The summed E-state index contributed by atoms with van der Waals surface area (Å²) in [7, 11) is 0. The first-order valence-electron chi connectivity index (χ1n) is 13.0. The second-order valence-electron chi connectivity index (χ2n) is 9.78. The molecule has 0 saturated heterocycles. The lowest BCUT2D eigenvalue weighted by Crippen LogP contribution is -1.86. The summed E-state index contributed by atoms with van der Waals surface area (Å²) in [5.74, 6) is 0. The van der Waals surface area contributed by atoms with Gasteiger partial charge in [-0.15, -0.1) is 11.3 Å². The molecule has 0 aliphatic carbocycles. The van der Waals surface area contributed by atoms with E-state index in [1.54, 1.807) is 0 Å². The van der Waals surface area contributed by atoms with Gasteiger partial charge in [-0.05, 0) is 79.2 Å². The number of hydrogen-bond acceptors (Lipinski definition) is 1. The van der Waals surface area contributed by atoms with Crippen LogP contribution in [-0.4, -0.2) is 0 Å². The monoisotopic (exact) mass is 502 g/mol. The van der Waals surface area contributed by atoms with E-state index < -0.39 is 0 Å². The van der Waals surface area contributed by atoms with Crippen LogP contribution in [0.2, 0.25) is 0 Å². The highest BCUT2D eigenvalue weighted by molar-refractivity contribution is 7.20. The van der Waals surface area contributed by atoms with Crippen molar-refractivity contribution in [2.45, 2.75) is 6.92 Å². The molecule has 6 aromatic carbocycles. The number of allylic oxidation sites excluding steroid dienone is 2. The minimum Gasteiger partial charge on any atom is -0.139 e. The summed E-state index contributed by atoms with van der Waals surface area (Å²) in [5.41, 5.74) is 6.30. The summed E-state index contributed by atoms with van der Waals surface area (Å²) in [6.45, 7) is 6.05. The van der Waals surface area contributed by atoms with E-state index in [9.17, 15) is 0 Å². The number of aryl methyl sites for hydroxylation is 1. The first-order valence-corrected chi connectivity index (χ1v) is 13.8. The van der Waals surface area contributed by atoms with Gasteiger partial charge in [-0.25, -0.2) is 0 Å². The van der Waals surface area contributed by atoms with Crippen LogP contribution in [0.4, 0.5) is 0 Å². The zero-order chi connectivity index (χ0) is 25.6. The second-order valence-corrected chi connectivity index (χ2v) is 11.0. The second kappa shape index (κ2) is 9.13. The molecule has 1 heteroatoms. The van der Waals surface area contributed by atoms with Gasteiger partial charge in [0.05, 0.1) is 0 Å². The average molecular weight is 503 g/mol. The first-order chi connectivity index (χ1) is 18.7. The van der Waals surface area contributed by atoms with Gasteiger partial charge in [0, 0.05) is 15.0 Å². The molecule has 1 heterocycles. The molecule has 7 rings (SSSR count). The Balaban J connectivity index is 1.41. The summed E-state index contributed by atoms with van der Waals surface area (Å²) < 4.78 is 1.34. The predicted octanol–water partition coefficient (Wildman–Crippen LogP) is 11.2. The summed E-state index contributed by atoms with van der Waals surface area (Å²) in [4.78, 5) is 1.33. The van der Waals surface area contributed by atoms with E-state index in [-0.39, 0.29) is 0 Å². The van der Waals surface area contributed by atoms with Crippen LogP contribution in [0.5, 0.6) is 0 Å². The Hall–Kier alpha value is -4.46. The molecule has 7 aromatic rings. The van der Waals surface area contributed by atoms with Crippen LogP contribution in [-0.2, 0) is 0 Å². The van der Waals surface area contributed by atoms with E-state index in [0.717, 1.165) is 0 Å². The molecular weight excluding hydrogens is 476 g/mol. The Morgan fingerprint density at radius 3 is 1.84 bits per heavy atom. The van der Waals surface area contributed by atoms with E-state index in [2.05, 4.69) is 129 Å². The number of rotatable bonds is 4. The summed E-state index contributed by atoms with van der Waals surface area (Å²) in [5, 5.41) is 9.14. The van der Waals surface area contributed by atoms with Crippen LogP contribution >= 0.6 is 11.3 Å². The van der Waals surface area contributed by atoms with E-state index >= 15 is 0 Å². The van der Waals surface area contributed by atoms with Gasteiger partial charge in [-0.3, -0.25) is 0 Å². The average Bonchev–Trinajstić information content (AvgIpc) is 3.30. The molecule has 0 fully saturated rings. The number of thiophene rings is 1. The third-order valence-electron chi connectivity index (χ3n) is 7.59. The SMILES string of the molecule is C=C/C=C\c1c(C)sc2c(-c3cccc(-c4ccc5c6ccccc6c6ccccc6c5c4)c3)cccc12. The van der Waals surface area contributed by atoms with Crippen molar-refractivity contribution in [3.05, 3.63) is 138 Å². The molecular formula is C37H26S. The summed E-state index contributed by atoms with van der Waals surface area (Å²) >= 11 is 1.87. The third kappa shape index (κ3) is 3.59. The molecule has 0 spiro atoms. The lowest BCUT2D eigenvalue weighted by atomic mass is 9.91. The minimum atomic E-state index is 1.23. The van der Waals surface area contributed by atoms with Crippen LogP contribution in [0.1, 0.15) is 10.4 Å². The highest BCUT2D eigenvalue weighted by atomic mass is 32.1. The van der Waals surface area contributed by atoms with Gasteiger partial charge in [0.1, 0.15) is 0 Å². The van der Waals surface area contributed by atoms with Crippen molar-refractivity contribution in [3.8, 4) is 22.3 Å². The molecule has 0 bridgehead atoms. The Morgan fingerprint density at radius 1 is 0.553 bits per heavy atom. The molecule has 0 aliphatic heterocycles. The molecule has 0 aliphatic rings. The van der Waals surface area contributed by atoms with Crippen molar-refractivity contribution < 1.29 is 0 Å². The van der Waals surface area contributed by atoms with Gasteiger partial charge in [-0.2, -0.15) is 0 Å². The number of hydrogen-bond donors (Lipinski definition) is 0. The first kappa shape index (κ1) is 22.7. The third-order valence-corrected chi connectivity index (χ3v) is 8.76. The largest absolute Gasteiger partial charge is 0.139 e. The maximum atomic E-state index is 3.84. The van der Waals surface area contributed by atoms with Crippen LogP contribution in [0.3, 0.4) is 0 Å². The van der Waals surface area contributed by atoms with Gasteiger partial charge in [0.15, 0.2) is 0 Å². The molecule has 0 amide bonds. The standard InChI is InChI=1S/C37H26S/c1-3-4-13-28-24(2)38-37-29(18-10-19-35(28)37)27-12-9-11-25(22-27)26-20-21-34-32-16-6-5-14-30(32)31-15-7-8-17-33(31)36(34)23-26/h3-23H,1H2,2H3/b13-4-. The van der Waals surface area contributed by atoms with Gasteiger partial charge >= 0.3 is 0 Å². The fourth-order valence-corrected chi connectivity index (χ4v) is 6.99. The molecule has 0 N–H and O–H groups in total. The van der Waals surface area contributed by atoms with Crippen molar-refractivity contribution in [3.63, 3.8) is 0 Å². The minimum absolute atomic E-state index is 1.23. The highest BCUT2D eigenvalue weighted by Gasteiger charge is 2.13. The van der Waals surface area contributed by atoms with Crippen molar-refractivity contribution in [1.29, 1.82) is 0 Å². The lowest BCUT2D eigenvalue weighted by molar-refractivity contribution is 1.61. The lowest BCUT2D eigenvalue weighted by Gasteiger charge is -2.12. The molecule has 0 unspecified atom stereocenters. The van der Waals surface area contributed by atoms with E-state index in [4.69, 9.17) is 0 Å². The van der Waals surface area contributed by atoms with Crippen molar-refractivity contribution in [2.24, 2.45) is 0 Å². The van der Waals surface area contributed by atoms with Crippen LogP contribution < -0.4 is 0 Å². The maximum Gasteiger partial charge on any atom is 0.0430 e. The number of fused-ring (bicyclic) bond motifs is 7. The molecule has 38 heavy (non-hydrogen) atoms. The molecule has 1 aromatic heterocycles. The molecule has 0 nitrogen and oxygen atoms in total. The molecule has 0 atom stereocenters. The normalized spacial score (nSPS) is 11.8. The summed E-state index contributed by atoms with van der Waals surface area (Å²) in [6.07, 6.45) is 6.03. The van der Waals surface area contributed by atoms with E-state index in [0.29, 0.717) is 0 Å². The predicted molar refractivity (Wildman–Crippen MR) is 169 cm³/mol. The van der Waals surface area contributed by atoms with Crippen LogP contribution in [0.15, 0.2) is 128 Å². The fourth-order valence-electron chi connectivity index (χ4n) is 5.81. The van der Waals surface area contributed by atoms with Crippen molar-refractivity contribution in [1.82, 2.24) is 0 Å². The Labute approximate surface area is 226 Å². The maximum absolute atomic E-state index is 3.84. The van der Waals surface area contributed by atoms with Gasteiger partial charge in [0.25, 0.3) is 0 Å². The topological polar surface area (TPSA) is 0 Å². The van der Waals surface area contributed by atoms with Crippen LogP contribution in [0.25, 0.3) is 70.7 Å². The zero-order valence-electron chi connectivity index (χ0n) is 21.2. The fraction of sp³-hybridized carbons (Fsp3) is 0.0270. The Bertz CT molecular complexity index is 2020. The molecule has 0 radical (unpaired) electrons. The van der Waals surface area contributed by atoms with Crippen molar-refractivity contribution in [2.75, 3.05) is 0 Å². The van der Waals surface area contributed by atoms with Gasteiger partial charge in [-0.1, -0.05) is 122 Å². The van der Waals surface area contributed by atoms with E-state index in [1.165, 1.54) is 75.1 Å².